The molecule has 0 aliphatic carbocycles. The molecule has 0 N–H and O–H groups in total. The molecular weight excluding hydrogens is 320 g/mol. The molecule has 0 atom stereocenters. The second-order valence-corrected chi connectivity index (χ2v) is 6.06. The summed E-state index contributed by atoms with van der Waals surface area (Å²) in [5.74, 6) is 1.52. The minimum atomic E-state index is -0.0382. The Labute approximate surface area is 147 Å². The lowest BCUT2D eigenvalue weighted by atomic mass is 10.0. The number of piperidine rings is 1. The first-order chi connectivity index (χ1) is 12.2. The van der Waals surface area contributed by atoms with E-state index in [1.54, 1.807) is 33.5 Å². The molecule has 6 nitrogen and oxygen atoms in total. The normalized spacial score (nSPS) is 15.1. The van der Waals surface area contributed by atoms with Crippen molar-refractivity contribution in [1.29, 1.82) is 0 Å². The summed E-state index contributed by atoms with van der Waals surface area (Å²) in [6.07, 6.45) is 6.05. The molecule has 1 aromatic carbocycles. The van der Waals surface area contributed by atoms with Gasteiger partial charge in [0.25, 0.3) is 5.91 Å². The summed E-state index contributed by atoms with van der Waals surface area (Å²) in [5, 5.41) is 0. The van der Waals surface area contributed by atoms with Gasteiger partial charge in [-0.25, -0.2) is 0 Å². The predicted molar refractivity (Wildman–Crippen MR) is 94.7 cm³/mol. The van der Waals surface area contributed by atoms with Gasteiger partial charge < -0.3 is 23.7 Å². The van der Waals surface area contributed by atoms with Crippen molar-refractivity contribution < 1.29 is 19.0 Å². The van der Waals surface area contributed by atoms with E-state index in [0.29, 0.717) is 28.9 Å². The van der Waals surface area contributed by atoms with Gasteiger partial charge in [-0.3, -0.25) is 4.79 Å². The maximum atomic E-state index is 13.0. The third kappa shape index (κ3) is 3.43. The fourth-order valence-electron chi connectivity index (χ4n) is 3.33. The van der Waals surface area contributed by atoms with Crippen molar-refractivity contribution in [1.82, 2.24) is 9.47 Å². The molecule has 0 unspecified atom stereocenters. The summed E-state index contributed by atoms with van der Waals surface area (Å²) >= 11 is 0. The highest BCUT2D eigenvalue weighted by molar-refractivity contribution is 5.98. The number of likely N-dealkylation sites (tertiary alicyclic amines) is 1. The van der Waals surface area contributed by atoms with Crippen LogP contribution in [0.1, 0.15) is 29.2 Å². The SMILES string of the molecule is COc1cc(OC)c(C(=O)N2CCC(n3cccc3)CC2)cc1OC. The quantitative estimate of drug-likeness (QED) is 0.837. The fourth-order valence-corrected chi connectivity index (χ4v) is 3.33. The summed E-state index contributed by atoms with van der Waals surface area (Å²) in [6, 6.07) is 7.90. The van der Waals surface area contributed by atoms with Gasteiger partial charge in [-0.05, 0) is 25.0 Å². The van der Waals surface area contributed by atoms with Crippen molar-refractivity contribution in [2.45, 2.75) is 18.9 Å². The highest BCUT2D eigenvalue weighted by Crippen LogP contribution is 2.36. The van der Waals surface area contributed by atoms with Gasteiger partial charge in [0.2, 0.25) is 0 Å². The summed E-state index contributed by atoms with van der Waals surface area (Å²) in [7, 11) is 4.67. The molecule has 0 radical (unpaired) electrons. The topological polar surface area (TPSA) is 52.9 Å². The van der Waals surface area contributed by atoms with E-state index in [0.717, 1.165) is 25.9 Å². The number of hydrogen-bond donors (Lipinski definition) is 0. The molecule has 3 rings (SSSR count). The first-order valence-electron chi connectivity index (χ1n) is 8.39. The number of ether oxygens (including phenoxy) is 3. The first-order valence-corrected chi connectivity index (χ1v) is 8.39. The van der Waals surface area contributed by atoms with Crippen molar-refractivity contribution in [2.75, 3.05) is 34.4 Å². The lowest BCUT2D eigenvalue weighted by molar-refractivity contribution is 0.0691. The molecule has 1 fully saturated rings. The molecule has 1 saturated heterocycles. The van der Waals surface area contributed by atoms with Gasteiger partial charge in [0, 0.05) is 43.7 Å². The Morgan fingerprint density at radius 1 is 0.920 bits per heavy atom. The molecule has 1 aromatic heterocycles. The highest BCUT2D eigenvalue weighted by Gasteiger charge is 2.27. The van der Waals surface area contributed by atoms with Gasteiger partial charge in [0.1, 0.15) is 5.75 Å². The molecular formula is C19H24N2O4. The van der Waals surface area contributed by atoms with Crippen LogP contribution in [0.5, 0.6) is 17.2 Å². The predicted octanol–water partition coefficient (Wildman–Crippen LogP) is 2.99. The van der Waals surface area contributed by atoms with E-state index >= 15 is 0 Å². The largest absolute Gasteiger partial charge is 0.496 e. The standard InChI is InChI=1S/C19H24N2O4/c1-23-16-13-18(25-3)17(24-2)12-15(16)19(22)21-10-6-14(7-11-21)20-8-4-5-9-20/h4-5,8-9,12-14H,6-7,10-11H2,1-3H3. The van der Waals surface area contributed by atoms with Gasteiger partial charge in [-0.2, -0.15) is 0 Å². The van der Waals surface area contributed by atoms with Crippen molar-refractivity contribution in [3.8, 4) is 17.2 Å². The zero-order valence-electron chi connectivity index (χ0n) is 14.9. The van der Waals surface area contributed by atoms with Crippen molar-refractivity contribution in [3.63, 3.8) is 0 Å². The maximum Gasteiger partial charge on any atom is 0.257 e. The van der Waals surface area contributed by atoms with Crippen molar-refractivity contribution >= 4 is 5.91 Å². The summed E-state index contributed by atoms with van der Waals surface area (Å²) < 4.78 is 18.2. The van der Waals surface area contributed by atoms with Crippen molar-refractivity contribution in [2.24, 2.45) is 0 Å². The van der Waals surface area contributed by atoms with Crippen LogP contribution in [0.4, 0.5) is 0 Å². The first kappa shape index (κ1) is 17.2. The summed E-state index contributed by atoms with van der Waals surface area (Å²) in [6.45, 7) is 1.44. The number of aromatic nitrogens is 1. The highest BCUT2D eigenvalue weighted by atomic mass is 16.5. The van der Waals surface area contributed by atoms with Crippen LogP contribution in [0, 0.1) is 0 Å². The second kappa shape index (κ2) is 7.51. The van der Waals surface area contributed by atoms with E-state index in [2.05, 4.69) is 17.0 Å². The Morgan fingerprint density at radius 3 is 2.04 bits per heavy atom. The van der Waals surface area contributed by atoms with E-state index in [-0.39, 0.29) is 5.91 Å². The molecule has 1 amide bonds. The zero-order chi connectivity index (χ0) is 17.8. The van der Waals surface area contributed by atoms with E-state index in [9.17, 15) is 4.79 Å². The maximum absolute atomic E-state index is 13.0. The number of methoxy groups -OCH3 is 3. The minimum absolute atomic E-state index is 0.0382. The average Bonchev–Trinajstić information content (AvgIpc) is 3.21. The summed E-state index contributed by atoms with van der Waals surface area (Å²) in [5.41, 5.74) is 0.500. The molecule has 6 heteroatoms. The van der Waals surface area contributed by atoms with Gasteiger partial charge in [0.15, 0.2) is 11.5 Å². The Kier molecular flexibility index (Phi) is 5.16. The molecule has 25 heavy (non-hydrogen) atoms. The van der Waals surface area contributed by atoms with Gasteiger partial charge in [-0.1, -0.05) is 0 Å². The number of amides is 1. The van der Waals surface area contributed by atoms with Crippen LogP contribution >= 0.6 is 0 Å². The van der Waals surface area contributed by atoms with E-state index in [1.807, 2.05) is 17.0 Å². The van der Waals surface area contributed by atoms with Crippen LogP contribution in [0.2, 0.25) is 0 Å². The second-order valence-electron chi connectivity index (χ2n) is 6.06. The molecule has 0 bridgehead atoms. The molecule has 2 aromatic rings. The Morgan fingerprint density at radius 2 is 1.48 bits per heavy atom. The number of carbonyl (C=O) groups excluding carboxylic acids is 1. The number of hydrogen-bond acceptors (Lipinski definition) is 4. The number of benzene rings is 1. The number of nitrogens with zero attached hydrogens (tertiary/aromatic N) is 2. The van der Waals surface area contributed by atoms with E-state index in [1.165, 1.54) is 0 Å². The smallest absolute Gasteiger partial charge is 0.257 e. The lowest BCUT2D eigenvalue weighted by Crippen LogP contribution is -2.39. The average molecular weight is 344 g/mol. The minimum Gasteiger partial charge on any atom is -0.496 e. The Bertz CT molecular complexity index is 719. The molecule has 134 valence electrons. The van der Waals surface area contributed by atoms with Crippen LogP contribution in [0.25, 0.3) is 0 Å². The van der Waals surface area contributed by atoms with E-state index < -0.39 is 0 Å². The fraction of sp³-hybridized carbons (Fsp3) is 0.421. The van der Waals surface area contributed by atoms with Gasteiger partial charge in [-0.15, -0.1) is 0 Å². The Balaban J connectivity index is 1.77. The van der Waals surface area contributed by atoms with Crippen LogP contribution in [-0.4, -0.2) is 49.8 Å². The monoisotopic (exact) mass is 344 g/mol. The van der Waals surface area contributed by atoms with E-state index in [4.69, 9.17) is 14.2 Å². The third-order valence-electron chi connectivity index (χ3n) is 4.74. The van der Waals surface area contributed by atoms with Crippen LogP contribution < -0.4 is 14.2 Å². The van der Waals surface area contributed by atoms with Crippen LogP contribution in [-0.2, 0) is 0 Å². The van der Waals surface area contributed by atoms with Gasteiger partial charge in [0.05, 0.1) is 26.9 Å². The third-order valence-corrected chi connectivity index (χ3v) is 4.74. The molecule has 1 aliphatic heterocycles. The lowest BCUT2D eigenvalue weighted by Gasteiger charge is -2.33. The van der Waals surface area contributed by atoms with Gasteiger partial charge >= 0.3 is 0 Å². The molecule has 1 aliphatic rings. The Hall–Kier alpha value is -2.63. The summed E-state index contributed by atoms with van der Waals surface area (Å²) in [4.78, 5) is 14.9. The number of carbonyl (C=O) groups is 1. The van der Waals surface area contributed by atoms with Crippen LogP contribution in [0.3, 0.4) is 0 Å². The number of rotatable bonds is 5. The molecule has 2 heterocycles. The zero-order valence-corrected chi connectivity index (χ0v) is 14.9. The van der Waals surface area contributed by atoms with Crippen molar-refractivity contribution in [3.05, 3.63) is 42.2 Å². The molecule has 0 saturated carbocycles. The van der Waals surface area contributed by atoms with Crippen LogP contribution in [0.15, 0.2) is 36.7 Å². The molecule has 0 spiro atoms.